The van der Waals surface area contributed by atoms with Gasteiger partial charge >= 0.3 is 0 Å². The van der Waals surface area contributed by atoms with Crippen molar-refractivity contribution in [3.05, 3.63) is 34.3 Å². The third-order valence-corrected chi connectivity index (χ3v) is 2.66. The fraction of sp³-hybridized carbons (Fsp3) is 0.222. The van der Waals surface area contributed by atoms with Gasteiger partial charge < -0.3 is 10.5 Å². The predicted octanol–water partition coefficient (Wildman–Crippen LogP) is 1.84. The Morgan fingerprint density at radius 3 is 2.85 bits per heavy atom. The number of halogens is 1. The van der Waals surface area contributed by atoms with Crippen LogP contribution in [0.2, 0.25) is 0 Å². The van der Waals surface area contributed by atoms with Crippen LogP contribution in [0.1, 0.15) is 11.6 Å². The highest BCUT2D eigenvalue weighted by Crippen LogP contribution is 2.28. The third-order valence-electron chi connectivity index (χ3n) is 1.94. The van der Waals surface area contributed by atoms with Crippen LogP contribution >= 0.6 is 15.9 Å². The Morgan fingerprint density at radius 2 is 2.23 bits per heavy atom. The zero-order valence-electron chi connectivity index (χ0n) is 6.90. The lowest BCUT2D eigenvalue weighted by Gasteiger charge is -2.06. The van der Waals surface area contributed by atoms with Crippen molar-refractivity contribution in [2.75, 3.05) is 6.61 Å². The Bertz CT molecular complexity index is 351. The van der Waals surface area contributed by atoms with Crippen LogP contribution in [0.25, 0.3) is 0 Å². The zero-order chi connectivity index (χ0) is 9.26. The first kappa shape index (κ1) is 8.56. The molecule has 1 aromatic carbocycles. The molecule has 2 N–H and O–H groups in total. The van der Waals surface area contributed by atoms with Gasteiger partial charge in [-0.3, -0.25) is 0 Å². The number of hydrogen-bond acceptors (Lipinski definition) is 3. The standard InChI is InChI=1S/C9H9BrN2O/c10-7-4-2-1-3-6(7)8-5-13-9(11)12-8/h1-4,8H,5H2,(H2,11,12)/t8-/m0/s1. The quantitative estimate of drug-likeness (QED) is 0.815. The average molecular weight is 241 g/mol. The fourth-order valence-corrected chi connectivity index (χ4v) is 1.85. The van der Waals surface area contributed by atoms with Crippen molar-refractivity contribution in [3.63, 3.8) is 0 Å². The van der Waals surface area contributed by atoms with Gasteiger partial charge in [0, 0.05) is 4.47 Å². The van der Waals surface area contributed by atoms with Gasteiger partial charge in [0.1, 0.15) is 12.6 Å². The van der Waals surface area contributed by atoms with Crippen molar-refractivity contribution in [3.8, 4) is 0 Å². The Balaban J connectivity index is 2.31. The molecule has 0 saturated heterocycles. The van der Waals surface area contributed by atoms with E-state index < -0.39 is 0 Å². The van der Waals surface area contributed by atoms with Crippen LogP contribution in [0.15, 0.2) is 33.7 Å². The lowest BCUT2D eigenvalue weighted by molar-refractivity contribution is 0.315. The van der Waals surface area contributed by atoms with Crippen molar-refractivity contribution in [2.24, 2.45) is 10.7 Å². The fourth-order valence-electron chi connectivity index (χ4n) is 1.30. The number of nitrogens with zero attached hydrogens (tertiary/aromatic N) is 1. The van der Waals surface area contributed by atoms with E-state index in [-0.39, 0.29) is 12.1 Å². The molecule has 68 valence electrons. The molecule has 0 spiro atoms. The minimum atomic E-state index is 0.0376. The molecule has 1 aromatic rings. The lowest BCUT2D eigenvalue weighted by atomic mass is 10.1. The third kappa shape index (κ3) is 1.67. The molecule has 0 radical (unpaired) electrons. The molecule has 0 amide bonds. The molecule has 1 heterocycles. The van der Waals surface area contributed by atoms with Gasteiger partial charge in [0.2, 0.25) is 0 Å². The van der Waals surface area contributed by atoms with Crippen molar-refractivity contribution < 1.29 is 4.74 Å². The molecule has 1 aliphatic heterocycles. The van der Waals surface area contributed by atoms with E-state index in [1.54, 1.807) is 0 Å². The van der Waals surface area contributed by atoms with Gasteiger partial charge in [0.15, 0.2) is 0 Å². The largest absolute Gasteiger partial charge is 0.463 e. The summed E-state index contributed by atoms with van der Waals surface area (Å²) in [5.74, 6) is 0. The minimum Gasteiger partial charge on any atom is -0.463 e. The highest BCUT2D eigenvalue weighted by Gasteiger charge is 2.20. The summed E-state index contributed by atoms with van der Waals surface area (Å²) in [5, 5.41) is 0. The number of nitrogens with two attached hydrogens (primary N) is 1. The Kier molecular flexibility index (Phi) is 2.22. The number of amidine groups is 1. The van der Waals surface area contributed by atoms with Crippen LogP contribution in [-0.4, -0.2) is 12.6 Å². The summed E-state index contributed by atoms with van der Waals surface area (Å²) in [6.07, 6.45) is 0. The molecule has 1 aliphatic rings. The first-order valence-electron chi connectivity index (χ1n) is 3.98. The van der Waals surface area contributed by atoms with Crippen molar-refractivity contribution in [1.82, 2.24) is 0 Å². The molecule has 0 fully saturated rings. The zero-order valence-corrected chi connectivity index (χ0v) is 8.49. The minimum absolute atomic E-state index is 0.0376. The SMILES string of the molecule is NC1=N[C@H](c2ccccc2Br)CO1. The summed E-state index contributed by atoms with van der Waals surface area (Å²) >= 11 is 3.46. The number of rotatable bonds is 1. The molecule has 0 aliphatic carbocycles. The van der Waals surface area contributed by atoms with Crippen LogP contribution < -0.4 is 5.73 Å². The molecule has 1 atom stereocenters. The molecule has 13 heavy (non-hydrogen) atoms. The summed E-state index contributed by atoms with van der Waals surface area (Å²) in [5.41, 5.74) is 6.54. The maximum absolute atomic E-state index is 5.43. The summed E-state index contributed by atoms with van der Waals surface area (Å²) in [4.78, 5) is 4.16. The van der Waals surface area contributed by atoms with Crippen molar-refractivity contribution >= 4 is 22.0 Å². The molecule has 0 aromatic heterocycles. The Labute approximate surface area is 84.7 Å². The van der Waals surface area contributed by atoms with Crippen LogP contribution in [0.5, 0.6) is 0 Å². The number of aliphatic imine (C=N–C) groups is 1. The highest BCUT2D eigenvalue weighted by molar-refractivity contribution is 9.10. The molecule has 0 saturated carbocycles. The molecule has 0 bridgehead atoms. The van der Waals surface area contributed by atoms with E-state index in [9.17, 15) is 0 Å². The lowest BCUT2D eigenvalue weighted by Crippen LogP contribution is -2.10. The van der Waals surface area contributed by atoms with Gasteiger partial charge in [-0.25, -0.2) is 4.99 Å². The molecule has 0 unspecified atom stereocenters. The average Bonchev–Trinajstić information content (AvgIpc) is 2.53. The molecular formula is C9H9BrN2O. The molecule has 4 heteroatoms. The molecule has 2 rings (SSSR count). The van der Waals surface area contributed by atoms with Gasteiger partial charge in [0.25, 0.3) is 6.02 Å². The van der Waals surface area contributed by atoms with Crippen LogP contribution in [0.3, 0.4) is 0 Å². The van der Waals surface area contributed by atoms with Gasteiger partial charge in [-0.2, -0.15) is 0 Å². The summed E-state index contributed by atoms with van der Waals surface area (Å²) in [7, 11) is 0. The second kappa shape index (κ2) is 3.38. The monoisotopic (exact) mass is 240 g/mol. The summed E-state index contributed by atoms with van der Waals surface area (Å²) in [6.45, 7) is 0.536. The number of hydrogen-bond donors (Lipinski definition) is 1. The smallest absolute Gasteiger partial charge is 0.282 e. The second-order valence-corrected chi connectivity index (χ2v) is 3.67. The van der Waals surface area contributed by atoms with Gasteiger partial charge in [-0.1, -0.05) is 34.1 Å². The predicted molar refractivity (Wildman–Crippen MR) is 54.5 cm³/mol. The van der Waals surface area contributed by atoms with E-state index in [1.807, 2.05) is 24.3 Å². The van der Waals surface area contributed by atoms with E-state index in [1.165, 1.54) is 0 Å². The van der Waals surface area contributed by atoms with E-state index in [0.717, 1.165) is 10.0 Å². The van der Waals surface area contributed by atoms with E-state index in [0.29, 0.717) is 6.61 Å². The van der Waals surface area contributed by atoms with Crippen LogP contribution in [0.4, 0.5) is 0 Å². The van der Waals surface area contributed by atoms with Gasteiger partial charge in [-0.05, 0) is 11.6 Å². The maximum atomic E-state index is 5.43. The van der Waals surface area contributed by atoms with Gasteiger partial charge in [0.05, 0.1) is 0 Å². The van der Waals surface area contributed by atoms with E-state index in [2.05, 4.69) is 20.9 Å². The first-order chi connectivity index (χ1) is 6.27. The molecule has 3 nitrogen and oxygen atoms in total. The van der Waals surface area contributed by atoms with Crippen LogP contribution in [0, 0.1) is 0 Å². The maximum Gasteiger partial charge on any atom is 0.282 e. The normalized spacial score (nSPS) is 21.0. The summed E-state index contributed by atoms with van der Waals surface area (Å²) < 4.78 is 6.13. The van der Waals surface area contributed by atoms with Crippen molar-refractivity contribution in [1.29, 1.82) is 0 Å². The Hall–Kier alpha value is -1.03. The Morgan fingerprint density at radius 1 is 1.46 bits per heavy atom. The van der Waals surface area contributed by atoms with E-state index >= 15 is 0 Å². The van der Waals surface area contributed by atoms with Gasteiger partial charge in [-0.15, -0.1) is 0 Å². The topological polar surface area (TPSA) is 47.6 Å². The van der Waals surface area contributed by atoms with E-state index in [4.69, 9.17) is 10.5 Å². The first-order valence-corrected chi connectivity index (χ1v) is 4.77. The van der Waals surface area contributed by atoms with Crippen molar-refractivity contribution in [2.45, 2.75) is 6.04 Å². The highest BCUT2D eigenvalue weighted by atomic mass is 79.9. The number of ether oxygens (including phenoxy) is 1. The number of benzene rings is 1. The second-order valence-electron chi connectivity index (χ2n) is 2.82. The van der Waals surface area contributed by atoms with Crippen LogP contribution in [-0.2, 0) is 4.74 Å². The molecular weight excluding hydrogens is 232 g/mol. The summed E-state index contributed by atoms with van der Waals surface area (Å²) in [6, 6.07) is 8.26.